The number of carbonyl (C=O) groups excluding carboxylic acids is 1. The molecule has 0 aliphatic carbocycles. The Labute approximate surface area is 136 Å². The van der Waals surface area contributed by atoms with E-state index in [1.54, 1.807) is 37.4 Å². The van der Waals surface area contributed by atoms with Crippen LogP contribution in [0.4, 0.5) is 0 Å². The van der Waals surface area contributed by atoms with Gasteiger partial charge < -0.3 is 5.32 Å². The Morgan fingerprint density at radius 3 is 2.22 bits per heavy atom. The summed E-state index contributed by atoms with van der Waals surface area (Å²) in [7, 11) is -1.83. The zero-order chi connectivity index (χ0) is 16.9. The lowest BCUT2D eigenvalue weighted by Crippen LogP contribution is -2.13. The van der Waals surface area contributed by atoms with Crippen molar-refractivity contribution >= 4 is 21.8 Å². The molecule has 1 amide bonds. The summed E-state index contributed by atoms with van der Waals surface area (Å²) in [5.41, 5.74) is 2.63. The van der Waals surface area contributed by atoms with Crippen molar-refractivity contribution in [2.45, 2.75) is 17.6 Å². The Bertz CT molecular complexity index is 804. The van der Waals surface area contributed by atoms with Gasteiger partial charge in [-0.15, -0.1) is 0 Å². The van der Waals surface area contributed by atoms with Crippen molar-refractivity contribution in [2.75, 3.05) is 7.05 Å². The molecule has 0 aliphatic rings. The molecule has 0 atom stereocenters. The van der Waals surface area contributed by atoms with Gasteiger partial charge in [-0.1, -0.05) is 42.0 Å². The molecule has 0 saturated carbocycles. The molecule has 0 unspecified atom stereocenters. The summed E-state index contributed by atoms with van der Waals surface area (Å²) in [6, 6.07) is 13.9. The molecule has 23 heavy (non-hydrogen) atoms. The van der Waals surface area contributed by atoms with E-state index in [1.807, 2.05) is 31.2 Å². The van der Waals surface area contributed by atoms with Crippen LogP contribution in [-0.4, -0.2) is 21.4 Å². The van der Waals surface area contributed by atoms with E-state index in [4.69, 9.17) is 0 Å². The average molecular weight is 329 g/mol. The molecule has 0 bridgehead atoms. The van der Waals surface area contributed by atoms with Crippen LogP contribution in [0.3, 0.4) is 0 Å². The molecule has 0 fully saturated rings. The van der Waals surface area contributed by atoms with E-state index >= 15 is 0 Å². The first-order valence-corrected chi connectivity index (χ1v) is 8.84. The van der Waals surface area contributed by atoms with Gasteiger partial charge in [0.15, 0.2) is 9.84 Å². The molecule has 2 rings (SSSR count). The van der Waals surface area contributed by atoms with Crippen molar-refractivity contribution in [2.24, 2.45) is 0 Å². The predicted molar refractivity (Wildman–Crippen MR) is 91.6 cm³/mol. The Kier molecular flexibility index (Phi) is 5.34. The van der Waals surface area contributed by atoms with E-state index in [1.165, 1.54) is 6.08 Å². The van der Waals surface area contributed by atoms with E-state index in [9.17, 15) is 13.2 Å². The summed E-state index contributed by atoms with van der Waals surface area (Å²) in [5.74, 6) is -0.234. The molecular weight excluding hydrogens is 310 g/mol. The normalized spacial score (nSPS) is 11.6. The molecular formula is C18H19NO3S. The van der Waals surface area contributed by atoms with Crippen molar-refractivity contribution in [3.63, 3.8) is 0 Å². The summed E-state index contributed by atoms with van der Waals surface area (Å²) in [4.78, 5) is 11.4. The lowest BCUT2D eigenvalue weighted by atomic mass is 10.2. The third-order valence-corrected chi connectivity index (χ3v) is 5.09. The van der Waals surface area contributed by atoms with Gasteiger partial charge in [0, 0.05) is 13.1 Å². The molecule has 0 aromatic heterocycles. The van der Waals surface area contributed by atoms with Crippen LogP contribution in [0, 0.1) is 6.92 Å². The van der Waals surface area contributed by atoms with Gasteiger partial charge in [0.1, 0.15) is 0 Å². The molecule has 0 radical (unpaired) electrons. The third kappa shape index (κ3) is 4.79. The van der Waals surface area contributed by atoms with Gasteiger partial charge in [0.2, 0.25) is 5.91 Å². The van der Waals surface area contributed by atoms with Crippen LogP contribution < -0.4 is 5.32 Å². The molecule has 2 aromatic carbocycles. The summed E-state index contributed by atoms with van der Waals surface area (Å²) >= 11 is 0. The van der Waals surface area contributed by atoms with Crippen LogP contribution in [0.25, 0.3) is 6.08 Å². The van der Waals surface area contributed by atoms with Crippen molar-refractivity contribution in [1.29, 1.82) is 0 Å². The minimum atomic E-state index is -3.38. The molecule has 0 spiro atoms. The zero-order valence-corrected chi connectivity index (χ0v) is 13.9. The monoisotopic (exact) mass is 329 g/mol. The van der Waals surface area contributed by atoms with E-state index in [0.717, 1.165) is 16.7 Å². The van der Waals surface area contributed by atoms with Gasteiger partial charge in [0.25, 0.3) is 0 Å². The van der Waals surface area contributed by atoms with Gasteiger partial charge in [-0.25, -0.2) is 8.42 Å². The number of benzene rings is 2. The van der Waals surface area contributed by atoms with E-state index in [-0.39, 0.29) is 16.6 Å². The molecule has 0 aliphatic heterocycles. The Hall–Kier alpha value is -2.40. The second-order valence-corrected chi connectivity index (χ2v) is 7.25. The lowest BCUT2D eigenvalue weighted by Gasteiger charge is -2.06. The number of aryl methyl sites for hydroxylation is 1. The fourth-order valence-electron chi connectivity index (χ4n) is 2.03. The smallest absolute Gasteiger partial charge is 0.243 e. The highest BCUT2D eigenvalue weighted by Crippen LogP contribution is 2.18. The van der Waals surface area contributed by atoms with Crippen LogP contribution in [0.15, 0.2) is 59.5 Å². The number of carbonyl (C=O) groups is 1. The first-order chi connectivity index (χ1) is 10.9. The van der Waals surface area contributed by atoms with Gasteiger partial charge in [-0.2, -0.15) is 0 Å². The van der Waals surface area contributed by atoms with Crippen LogP contribution in [0.1, 0.15) is 16.7 Å². The van der Waals surface area contributed by atoms with Crippen LogP contribution in [0.5, 0.6) is 0 Å². The summed E-state index contributed by atoms with van der Waals surface area (Å²) in [6.45, 7) is 1.96. The fourth-order valence-corrected chi connectivity index (χ4v) is 3.38. The number of hydrogen-bond donors (Lipinski definition) is 1. The second kappa shape index (κ2) is 7.24. The Morgan fingerprint density at radius 2 is 1.65 bits per heavy atom. The largest absolute Gasteiger partial charge is 0.356 e. The maximum absolute atomic E-state index is 12.4. The predicted octanol–water partition coefficient (Wildman–Crippen LogP) is 2.73. The number of sulfone groups is 1. The summed E-state index contributed by atoms with van der Waals surface area (Å²) in [5, 5.41) is 2.48. The van der Waals surface area contributed by atoms with Crippen LogP contribution in [-0.2, 0) is 20.4 Å². The number of hydrogen-bond acceptors (Lipinski definition) is 3. The molecule has 2 aromatic rings. The molecule has 120 valence electrons. The number of rotatable bonds is 5. The van der Waals surface area contributed by atoms with E-state index in [2.05, 4.69) is 5.32 Å². The van der Waals surface area contributed by atoms with E-state index in [0.29, 0.717) is 0 Å². The molecule has 5 heteroatoms. The molecule has 1 N–H and O–H groups in total. The molecule has 0 heterocycles. The third-order valence-electron chi connectivity index (χ3n) is 3.39. The van der Waals surface area contributed by atoms with Gasteiger partial charge in [-0.3, -0.25) is 4.79 Å². The van der Waals surface area contributed by atoms with E-state index < -0.39 is 9.84 Å². The van der Waals surface area contributed by atoms with Crippen molar-refractivity contribution in [3.8, 4) is 0 Å². The van der Waals surface area contributed by atoms with Gasteiger partial charge in [-0.05, 0) is 36.3 Å². The standard InChI is InChI=1S/C18H19NO3S/c1-14-3-5-16(6-4-14)13-23(21,22)17-10-7-15(8-11-17)9-12-18(20)19-2/h3-12H,13H2,1-2H3,(H,19,20)/b12-9+. The zero-order valence-electron chi connectivity index (χ0n) is 13.1. The highest BCUT2D eigenvalue weighted by molar-refractivity contribution is 7.90. The van der Waals surface area contributed by atoms with Crippen LogP contribution >= 0.6 is 0 Å². The highest BCUT2D eigenvalue weighted by atomic mass is 32.2. The van der Waals surface area contributed by atoms with Crippen molar-refractivity contribution < 1.29 is 13.2 Å². The minimum Gasteiger partial charge on any atom is -0.356 e. The van der Waals surface area contributed by atoms with Gasteiger partial charge in [0.05, 0.1) is 10.6 Å². The minimum absolute atomic E-state index is 0.0271. The summed E-state index contributed by atoms with van der Waals surface area (Å²) in [6.07, 6.45) is 3.03. The Morgan fingerprint density at radius 1 is 1.04 bits per heavy atom. The number of nitrogens with one attached hydrogen (secondary N) is 1. The maximum Gasteiger partial charge on any atom is 0.243 e. The average Bonchev–Trinajstić information content (AvgIpc) is 2.55. The first-order valence-electron chi connectivity index (χ1n) is 7.19. The second-order valence-electron chi connectivity index (χ2n) is 5.26. The molecule has 0 saturated heterocycles. The highest BCUT2D eigenvalue weighted by Gasteiger charge is 2.14. The number of likely N-dealkylation sites (N-methyl/N-ethyl adjacent to an activating group) is 1. The van der Waals surface area contributed by atoms with Crippen molar-refractivity contribution in [1.82, 2.24) is 5.32 Å². The van der Waals surface area contributed by atoms with Crippen LogP contribution in [0.2, 0.25) is 0 Å². The molecule has 4 nitrogen and oxygen atoms in total. The topological polar surface area (TPSA) is 63.2 Å². The fraction of sp³-hybridized carbons (Fsp3) is 0.167. The maximum atomic E-state index is 12.4. The van der Waals surface area contributed by atoms with Gasteiger partial charge >= 0.3 is 0 Å². The lowest BCUT2D eigenvalue weighted by molar-refractivity contribution is -0.115. The summed E-state index contributed by atoms with van der Waals surface area (Å²) < 4.78 is 24.9. The number of amides is 1. The Balaban J connectivity index is 2.15. The van der Waals surface area contributed by atoms with Crippen molar-refractivity contribution in [3.05, 3.63) is 71.3 Å². The first kappa shape index (κ1) is 17.0. The quantitative estimate of drug-likeness (QED) is 0.858. The SMILES string of the molecule is CNC(=O)/C=C/c1ccc(S(=O)(=O)Cc2ccc(C)cc2)cc1.